The van der Waals surface area contributed by atoms with Gasteiger partial charge in [0.25, 0.3) is 0 Å². The number of carboxylic acid groups (broad SMARTS) is 1. The minimum Gasteiger partial charge on any atom is -0.478 e. The first-order chi connectivity index (χ1) is 11.9. The fourth-order valence-corrected chi connectivity index (χ4v) is 2.85. The van der Waals surface area contributed by atoms with E-state index in [1.54, 1.807) is 13.0 Å². The molecule has 0 bridgehead atoms. The highest BCUT2D eigenvalue weighted by Crippen LogP contribution is 2.30. The molecule has 25 heavy (non-hydrogen) atoms. The van der Waals surface area contributed by atoms with E-state index in [2.05, 4.69) is 17.4 Å². The second kappa shape index (κ2) is 8.88. The molecule has 5 heteroatoms. The Labute approximate surface area is 153 Å². The zero-order valence-electron chi connectivity index (χ0n) is 14.6. The van der Waals surface area contributed by atoms with Crippen molar-refractivity contribution in [3.05, 3.63) is 64.7 Å². The van der Waals surface area contributed by atoms with Gasteiger partial charge in [0, 0.05) is 13.1 Å². The molecule has 0 aliphatic heterocycles. The monoisotopic (exact) mass is 361 g/mol. The number of aliphatic carboxylic acids is 1. The van der Waals surface area contributed by atoms with E-state index in [-0.39, 0.29) is 0 Å². The molecule has 134 valence electrons. The van der Waals surface area contributed by atoms with Crippen molar-refractivity contribution in [2.75, 3.05) is 0 Å². The molecule has 2 aromatic rings. The van der Waals surface area contributed by atoms with Crippen molar-refractivity contribution in [2.24, 2.45) is 0 Å². The van der Waals surface area contributed by atoms with Gasteiger partial charge in [-0.1, -0.05) is 61.3 Å². The first-order valence-electron chi connectivity index (χ1n) is 8.40. The van der Waals surface area contributed by atoms with E-state index in [9.17, 15) is 9.90 Å². The number of ether oxygens (including phenoxy) is 1. The fraction of sp³-hybridized carbons (Fsp3) is 0.350. The molecule has 0 heterocycles. The number of benzene rings is 2. The third kappa shape index (κ3) is 5.48. The number of nitrogens with one attached hydrogen (secondary N) is 1. The van der Waals surface area contributed by atoms with Gasteiger partial charge >= 0.3 is 5.97 Å². The maximum absolute atomic E-state index is 11.5. The van der Waals surface area contributed by atoms with Crippen LogP contribution < -0.4 is 10.1 Å². The van der Waals surface area contributed by atoms with Crippen molar-refractivity contribution in [1.82, 2.24) is 5.32 Å². The smallest absolute Gasteiger partial charge is 0.347 e. The summed E-state index contributed by atoms with van der Waals surface area (Å²) in [5.74, 6) is -0.592. The average Bonchev–Trinajstić information content (AvgIpc) is 2.58. The lowest BCUT2D eigenvalue weighted by atomic mass is 10.0. The summed E-state index contributed by atoms with van der Waals surface area (Å²) in [5, 5.41) is 13.2. The summed E-state index contributed by atoms with van der Waals surface area (Å²) in [4.78, 5) is 11.5. The maximum atomic E-state index is 11.5. The van der Waals surface area contributed by atoms with E-state index in [0.29, 0.717) is 30.2 Å². The van der Waals surface area contributed by atoms with Gasteiger partial charge in [0.1, 0.15) is 5.75 Å². The summed E-state index contributed by atoms with van der Waals surface area (Å²) in [6, 6.07) is 15.6. The molecular formula is C20H24ClNO3. The zero-order valence-corrected chi connectivity index (χ0v) is 15.3. The van der Waals surface area contributed by atoms with Crippen LogP contribution in [0.5, 0.6) is 5.75 Å². The first kappa shape index (κ1) is 19.3. The third-order valence-electron chi connectivity index (χ3n) is 4.01. The first-order valence-corrected chi connectivity index (χ1v) is 8.78. The van der Waals surface area contributed by atoms with Crippen LogP contribution in [0.25, 0.3) is 0 Å². The Morgan fingerprint density at radius 1 is 1.16 bits per heavy atom. The largest absolute Gasteiger partial charge is 0.478 e. The van der Waals surface area contributed by atoms with Gasteiger partial charge in [-0.15, -0.1) is 0 Å². The molecule has 0 saturated carbocycles. The molecule has 1 atom stereocenters. The maximum Gasteiger partial charge on any atom is 0.347 e. The van der Waals surface area contributed by atoms with Gasteiger partial charge in [-0.2, -0.15) is 0 Å². The number of rotatable bonds is 9. The Bertz CT molecular complexity index is 705. The molecule has 0 aliphatic rings. The highest BCUT2D eigenvalue weighted by atomic mass is 35.5. The molecule has 0 amide bonds. The van der Waals surface area contributed by atoms with Crippen molar-refractivity contribution < 1.29 is 14.6 Å². The molecule has 0 radical (unpaired) electrons. The number of carbonyl (C=O) groups is 1. The van der Waals surface area contributed by atoms with E-state index in [0.717, 1.165) is 12.1 Å². The van der Waals surface area contributed by atoms with Gasteiger partial charge in [-0.25, -0.2) is 4.79 Å². The van der Waals surface area contributed by atoms with Crippen molar-refractivity contribution in [1.29, 1.82) is 0 Å². The topological polar surface area (TPSA) is 58.6 Å². The Kier molecular flexibility index (Phi) is 6.85. The standard InChI is InChI=1S/C20H24ClNO3/c1-3-11-20(2,19(23)24)25-18-10-9-16(12-17(18)21)14-22-13-15-7-5-4-6-8-15/h4-10,12,22H,3,11,13-14H2,1-2H3,(H,23,24). The summed E-state index contributed by atoms with van der Waals surface area (Å²) in [6.45, 7) is 4.93. The molecule has 0 saturated heterocycles. The summed E-state index contributed by atoms with van der Waals surface area (Å²) in [6.07, 6.45) is 1.13. The van der Waals surface area contributed by atoms with Gasteiger partial charge in [0.15, 0.2) is 0 Å². The minimum atomic E-state index is -1.27. The van der Waals surface area contributed by atoms with Crippen LogP contribution in [-0.2, 0) is 17.9 Å². The molecule has 2 rings (SSSR count). The Morgan fingerprint density at radius 3 is 2.44 bits per heavy atom. The molecule has 4 nitrogen and oxygen atoms in total. The number of carboxylic acids is 1. The van der Waals surface area contributed by atoms with Gasteiger partial charge in [-0.3, -0.25) is 0 Å². The zero-order chi connectivity index (χ0) is 18.3. The van der Waals surface area contributed by atoms with Crippen LogP contribution >= 0.6 is 11.6 Å². The van der Waals surface area contributed by atoms with Gasteiger partial charge < -0.3 is 15.2 Å². The summed E-state index contributed by atoms with van der Waals surface area (Å²) >= 11 is 6.29. The predicted molar refractivity (Wildman–Crippen MR) is 100 cm³/mol. The second-order valence-corrected chi connectivity index (χ2v) is 6.65. The Balaban J connectivity index is 1.99. The molecular weight excluding hydrogens is 338 g/mol. The molecule has 2 aromatic carbocycles. The third-order valence-corrected chi connectivity index (χ3v) is 4.31. The van der Waals surface area contributed by atoms with Gasteiger partial charge in [0.05, 0.1) is 5.02 Å². The highest BCUT2D eigenvalue weighted by molar-refractivity contribution is 6.32. The lowest BCUT2D eigenvalue weighted by Crippen LogP contribution is -2.41. The van der Waals surface area contributed by atoms with Crippen molar-refractivity contribution >= 4 is 17.6 Å². The second-order valence-electron chi connectivity index (χ2n) is 6.24. The van der Waals surface area contributed by atoms with Crippen LogP contribution in [0, 0.1) is 0 Å². The summed E-state index contributed by atoms with van der Waals surface area (Å²) in [5.41, 5.74) is 0.956. The summed E-state index contributed by atoms with van der Waals surface area (Å²) < 4.78 is 5.71. The van der Waals surface area contributed by atoms with Crippen LogP contribution in [-0.4, -0.2) is 16.7 Å². The van der Waals surface area contributed by atoms with Gasteiger partial charge in [-0.05, 0) is 36.6 Å². The van der Waals surface area contributed by atoms with Crippen LogP contribution in [0.15, 0.2) is 48.5 Å². The Hall–Kier alpha value is -2.04. The van der Waals surface area contributed by atoms with Crippen LogP contribution in [0.3, 0.4) is 0 Å². The summed E-state index contributed by atoms with van der Waals surface area (Å²) in [7, 11) is 0. The molecule has 1 unspecified atom stereocenters. The quantitative estimate of drug-likeness (QED) is 0.682. The van der Waals surface area contributed by atoms with Crippen molar-refractivity contribution in [3.8, 4) is 5.75 Å². The predicted octanol–water partition coefficient (Wildman–Crippen LogP) is 4.65. The highest BCUT2D eigenvalue weighted by Gasteiger charge is 2.35. The fourth-order valence-electron chi connectivity index (χ4n) is 2.61. The van der Waals surface area contributed by atoms with Crippen molar-refractivity contribution in [2.45, 2.75) is 45.4 Å². The molecule has 2 N–H and O–H groups in total. The lowest BCUT2D eigenvalue weighted by Gasteiger charge is -2.26. The van der Waals surface area contributed by atoms with E-state index >= 15 is 0 Å². The van der Waals surface area contributed by atoms with E-state index in [1.165, 1.54) is 5.56 Å². The molecule has 0 spiro atoms. The average molecular weight is 362 g/mol. The minimum absolute atomic E-state index is 0.395. The number of halogens is 1. The van der Waals surface area contributed by atoms with Crippen molar-refractivity contribution in [3.63, 3.8) is 0 Å². The van der Waals surface area contributed by atoms with E-state index < -0.39 is 11.6 Å². The van der Waals surface area contributed by atoms with Crippen LogP contribution in [0.4, 0.5) is 0 Å². The Morgan fingerprint density at radius 2 is 1.84 bits per heavy atom. The van der Waals surface area contributed by atoms with E-state index in [1.807, 2.05) is 37.3 Å². The molecule has 0 aromatic heterocycles. The van der Waals surface area contributed by atoms with E-state index in [4.69, 9.17) is 16.3 Å². The molecule has 0 aliphatic carbocycles. The lowest BCUT2D eigenvalue weighted by molar-refractivity contribution is -0.154. The SMILES string of the molecule is CCCC(C)(Oc1ccc(CNCc2ccccc2)cc1Cl)C(=O)O. The number of hydrogen-bond donors (Lipinski definition) is 2. The molecule has 0 fully saturated rings. The van der Waals surface area contributed by atoms with Gasteiger partial charge in [0.2, 0.25) is 5.60 Å². The van der Waals surface area contributed by atoms with Crippen LogP contribution in [0.1, 0.15) is 37.8 Å². The number of hydrogen-bond acceptors (Lipinski definition) is 3. The van der Waals surface area contributed by atoms with Crippen LogP contribution in [0.2, 0.25) is 5.02 Å². The normalized spacial score (nSPS) is 13.2.